The van der Waals surface area contributed by atoms with Crippen molar-refractivity contribution in [3.8, 4) is 11.3 Å². The summed E-state index contributed by atoms with van der Waals surface area (Å²) in [6.45, 7) is 2.05. The summed E-state index contributed by atoms with van der Waals surface area (Å²) in [4.78, 5) is 9.09. The molecule has 1 aliphatic carbocycles. The van der Waals surface area contributed by atoms with Crippen molar-refractivity contribution in [3.63, 3.8) is 0 Å². The second kappa shape index (κ2) is 4.32. The van der Waals surface area contributed by atoms with Crippen LogP contribution in [-0.4, -0.2) is 22.6 Å². The molecule has 1 aromatic carbocycles. The molecule has 1 aliphatic heterocycles. The van der Waals surface area contributed by atoms with E-state index in [-0.39, 0.29) is 11.6 Å². The van der Waals surface area contributed by atoms with Crippen molar-refractivity contribution in [1.29, 1.82) is 0 Å². The number of fused-ring (bicyclic) bond motifs is 1. The second-order valence-electron chi connectivity index (χ2n) is 5.83. The molecule has 2 heterocycles. The molecule has 4 nitrogen and oxygen atoms in total. The summed E-state index contributed by atoms with van der Waals surface area (Å²) in [5.74, 6) is 0. The Bertz CT molecular complexity index is 726. The molecule has 4 heteroatoms. The Balaban J connectivity index is 1.81. The zero-order chi connectivity index (χ0) is 14.4. The number of nitrogens with zero attached hydrogens (tertiary/aromatic N) is 2. The van der Waals surface area contributed by atoms with Gasteiger partial charge in [-0.05, 0) is 30.2 Å². The molecule has 0 saturated carbocycles. The van der Waals surface area contributed by atoms with Gasteiger partial charge in [0.25, 0.3) is 6.02 Å². The van der Waals surface area contributed by atoms with Crippen LogP contribution in [0, 0.1) is 0 Å². The highest BCUT2D eigenvalue weighted by molar-refractivity contribution is 5.75. The zero-order valence-electron chi connectivity index (χ0n) is 11.9. The zero-order valence-corrected chi connectivity index (χ0v) is 11.9. The normalized spacial score (nSPS) is 26.5. The fraction of sp³-hybridized carbons (Fsp3) is 0.294. The van der Waals surface area contributed by atoms with Gasteiger partial charge >= 0.3 is 0 Å². The molecule has 0 saturated heterocycles. The third-order valence-corrected chi connectivity index (χ3v) is 4.58. The van der Waals surface area contributed by atoms with E-state index in [2.05, 4.69) is 35.1 Å². The van der Waals surface area contributed by atoms with Crippen LogP contribution in [-0.2, 0) is 17.6 Å². The molecule has 106 valence electrons. The third kappa shape index (κ3) is 1.82. The first-order valence-corrected chi connectivity index (χ1v) is 7.22. The summed E-state index contributed by atoms with van der Waals surface area (Å²) >= 11 is 0. The largest absolute Gasteiger partial charge is 0.460 e. The minimum Gasteiger partial charge on any atom is -0.460 e. The van der Waals surface area contributed by atoms with Crippen LogP contribution in [0.15, 0.2) is 47.6 Å². The Morgan fingerprint density at radius 3 is 2.81 bits per heavy atom. The van der Waals surface area contributed by atoms with Gasteiger partial charge in [-0.1, -0.05) is 24.3 Å². The lowest BCUT2D eigenvalue weighted by atomic mass is 9.90. The van der Waals surface area contributed by atoms with Crippen molar-refractivity contribution in [1.82, 2.24) is 4.98 Å². The molecule has 2 N–H and O–H groups in total. The lowest BCUT2D eigenvalue weighted by Gasteiger charge is -2.23. The average Bonchev–Trinajstić information content (AvgIpc) is 2.99. The maximum absolute atomic E-state index is 5.78. The Morgan fingerprint density at radius 1 is 1.19 bits per heavy atom. The first-order chi connectivity index (χ1) is 10.2. The van der Waals surface area contributed by atoms with Crippen LogP contribution in [0.4, 0.5) is 0 Å². The van der Waals surface area contributed by atoms with E-state index in [0.29, 0.717) is 6.02 Å². The molecule has 2 atom stereocenters. The molecule has 1 spiro atoms. The Labute approximate surface area is 123 Å². The number of hydrogen-bond acceptors (Lipinski definition) is 4. The Morgan fingerprint density at radius 2 is 2.10 bits per heavy atom. The number of hydrogen-bond donors (Lipinski definition) is 1. The van der Waals surface area contributed by atoms with Crippen LogP contribution in [0.3, 0.4) is 0 Å². The average molecular weight is 279 g/mol. The van der Waals surface area contributed by atoms with Gasteiger partial charge in [0.15, 0.2) is 0 Å². The molecule has 4 rings (SSSR count). The number of aliphatic imine (C=N–C) groups is 1. The predicted molar refractivity (Wildman–Crippen MR) is 82.0 cm³/mol. The standard InChI is InChI=1S/C17H17N3O/c1-11-17(20-16(18)21-11)9-12-5-4-6-13(14(12)10-17)15-7-2-3-8-19-15/h2-8,11H,9-10H2,1H3,(H2,18,20)/t11-,17-/m1/s1. The van der Waals surface area contributed by atoms with Gasteiger partial charge in [-0.25, -0.2) is 4.99 Å². The van der Waals surface area contributed by atoms with Crippen molar-refractivity contribution >= 4 is 6.02 Å². The molecule has 21 heavy (non-hydrogen) atoms. The summed E-state index contributed by atoms with van der Waals surface area (Å²) in [7, 11) is 0. The third-order valence-electron chi connectivity index (χ3n) is 4.58. The number of amidine groups is 1. The van der Waals surface area contributed by atoms with Crippen LogP contribution in [0.25, 0.3) is 11.3 Å². The Hall–Kier alpha value is -2.36. The number of benzene rings is 1. The van der Waals surface area contributed by atoms with E-state index in [1.807, 2.05) is 24.4 Å². The molecule has 0 fully saturated rings. The van der Waals surface area contributed by atoms with Crippen molar-refractivity contribution in [2.24, 2.45) is 10.7 Å². The van der Waals surface area contributed by atoms with E-state index in [4.69, 9.17) is 10.5 Å². The van der Waals surface area contributed by atoms with Gasteiger partial charge in [0.1, 0.15) is 11.6 Å². The highest BCUT2D eigenvalue weighted by Crippen LogP contribution is 2.42. The van der Waals surface area contributed by atoms with E-state index in [0.717, 1.165) is 18.5 Å². The molecule has 0 bridgehead atoms. The molecule has 2 aliphatic rings. The second-order valence-corrected chi connectivity index (χ2v) is 5.83. The van der Waals surface area contributed by atoms with Crippen molar-refractivity contribution in [3.05, 3.63) is 53.7 Å². The summed E-state index contributed by atoms with van der Waals surface area (Å²) in [6, 6.07) is 12.7. The number of nitrogens with two attached hydrogens (primary N) is 1. The van der Waals surface area contributed by atoms with Gasteiger partial charge in [0.2, 0.25) is 0 Å². The maximum atomic E-state index is 5.78. The first kappa shape index (κ1) is 12.4. The molecule has 0 amide bonds. The molecular weight excluding hydrogens is 262 g/mol. The molecule has 0 radical (unpaired) electrons. The van der Waals surface area contributed by atoms with Gasteiger partial charge in [0.05, 0.1) is 5.69 Å². The molecule has 1 aromatic heterocycles. The molecule has 2 aromatic rings. The lowest BCUT2D eigenvalue weighted by Crippen LogP contribution is -2.36. The predicted octanol–water partition coefficient (Wildman–Crippen LogP) is 2.32. The van der Waals surface area contributed by atoms with Gasteiger partial charge in [-0.3, -0.25) is 4.98 Å². The summed E-state index contributed by atoms with van der Waals surface area (Å²) in [5.41, 5.74) is 10.4. The molecule has 0 unspecified atom stereocenters. The summed E-state index contributed by atoms with van der Waals surface area (Å²) in [6.07, 6.45) is 3.58. The fourth-order valence-corrected chi connectivity index (χ4v) is 3.46. The monoisotopic (exact) mass is 279 g/mol. The van der Waals surface area contributed by atoms with Crippen LogP contribution < -0.4 is 5.73 Å². The van der Waals surface area contributed by atoms with Crippen LogP contribution in [0.2, 0.25) is 0 Å². The number of rotatable bonds is 1. The lowest BCUT2D eigenvalue weighted by molar-refractivity contribution is 0.157. The van der Waals surface area contributed by atoms with E-state index < -0.39 is 0 Å². The Kier molecular flexibility index (Phi) is 2.55. The summed E-state index contributed by atoms with van der Waals surface area (Å²) < 4.78 is 5.59. The van der Waals surface area contributed by atoms with Crippen molar-refractivity contribution in [2.75, 3.05) is 0 Å². The van der Waals surface area contributed by atoms with Gasteiger partial charge in [-0.2, -0.15) is 0 Å². The number of aromatic nitrogens is 1. The SMILES string of the molecule is C[C@H]1OC(N)=N[C@@]12Cc1cccc(-c3ccccn3)c1C2. The van der Waals surface area contributed by atoms with E-state index in [9.17, 15) is 0 Å². The van der Waals surface area contributed by atoms with Crippen LogP contribution >= 0.6 is 0 Å². The smallest absolute Gasteiger partial charge is 0.282 e. The molecular formula is C17H17N3O. The first-order valence-electron chi connectivity index (χ1n) is 7.22. The fourth-order valence-electron chi connectivity index (χ4n) is 3.46. The highest BCUT2D eigenvalue weighted by Gasteiger charge is 2.48. The maximum Gasteiger partial charge on any atom is 0.282 e. The minimum absolute atomic E-state index is 0.0153. The van der Waals surface area contributed by atoms with E-state index >= 15 is 0 Å². The number of ether oxygens (including phenoxy) is 1. The van der Waals surface area contributed by atoms with E-state index in [1.54, 1.807) is 0 Å². The topological polar surface area (TPSA) is 60.5 Å². The van der Waals surface area contributed by atoms with E-state index in [1.165, 1.54) is 16.7 Å². The van der Waals surface area contributed by atoms with Gasteiger partial charge in [-0.15, -0.1) is 0 Å². The van der Waals surface area contributed by atoms with Crippen LogP contribution in [0.5, 0.6) is 0 Å². The number of pyridine rings is 1. The quantitative estimate of drug-likeness (QED) is 0.871. The summed E-state index contributed by atoms with van der Waals surface area (Å²) in [5, 5.41) is 0. The minimum atomic E-state index is -0.239. The van der Waals surface area contributed by atoms with Crippen molar-refractivity contribution in [2.45, 2.75) is 31.4 Å². The van der Waals surface area contributed by atoms with Crippen LogP contribution in [0.1, 0.15) is 18.1 Å². The van der Waals surface area contributed by atoms with Gasteiger partial charge < -0.3 is 10.5 Å². The van der Waals surface area contributed by atoms with Crippen molar-refractivity contribution < 1.29 is 4.74 Å². The van der Waals surface area contributed by atoms with Gasteiger partial charge in [0, 0.05) is 24.6 Å². The highest BCUT2D eigenvalue weighted by atomic mass is 16.5.